The summed E-state index contributed by atoms with van der Waals surface area (Å²) in [7, 11) is 0. The van der Waals surface area contributed by atoms with Crippen LogP contribution in [0.15, 0.2) is 24.3 Å². The summed E-state index contributed by atoms with van der Waals surface area (Å²) in [5, 5.41) is 23.2. The van der Waals surface area contributed by atoms with Gasteiger partial charge in [0.25, 0.3) is 0 Å². The molecular formula is C69H135NO3. The van der Waals surface area contributed by atoms with E-state index >= 15 is 0 Å². The molecule has 0 rings (SSSR count). The van der Waals surface area contributed by atoms with Crippen LogP contribution in [0, 0.1) is 0 Å². The molecule has 0 heterocycles. The standard InChI is InChI=1S/C69H135NO3/c1-3-5-7-9-11-13-15-17-19-21-23-25-26-27-28-29-30-31-32-33-34-35-36-37-38-39-40-41-42-43-44-45-47-49-51-53-55-57-59-61-63-65-69(73)70-67(66-71)68(72)64-62-60-58-56-54-52-50-48-46-24-22-20-18-16-14-12-10-8-6-4-2/h21,23,62,64,67-68,71-72H,3-20,22,24-61,63,65-66H2,1-2H3,(H,70,73)/b23-21-,64-62+. The van der Waals surface area contributed by atoms with Crippen LogP contribution < -0.4 is 5.32 Å². The Morgan fingerprint density at radius 3 is 0.753 bits per heavy atom. The van der Waals surface area contributed by atoms with Crippen molar-refractivity contribution >= 4 is 5.91 Å². The summed E-state index contributed by atoms with van der Waals surface area (Å²) in [6.07, 6.45) is 88.4. The Labute approximate surface area is 459 Å². The zero-order valence-electron chi connectivity index (χ0n) is 50.2. The van der Waals surface area contributed by atoms with Gasteiger partial charge >= 0.3 is 0 Å². The Kier molecular flexibility index (Phi) is 64.1. The molecular weight excluding hydrogens is 891 g/mol. The maximum atomic E-state index is 12.5. The molecule has 0 radical (unpaired) electrons. The Morgan fingerprint density at radius 2 is 0.521 bits per heavy atom. The van der Waals surface area contributed by atoms with E-state index in [0.717, 1.165) is 25.7 Å². The van der Waals surface area contributed by atoms with Crippen molar-refractivity contribution < 1.29 is 15.0 Å². The molecule has 0 saturated carbocycles. The second-order valence-electron chi connectivity index (χ2n) is 23.6. The molecule has 0 fully saturated rings. The molecule has 0 aromatic rings. The van der Waals surface area contributed by atoms with E-state index < -0.39 is 12.1 Å². The van der Waals surface area contributed by atoms with Gasteiger partial charge in [-0.1, -0.05) is 366 Å². The van der Waals surface area contributed by atoms with E-state index in [-0.39, 0.29) is 12.5 Å². The fraction of sp³-hybridized carbons (Fsp3) is 0.928. The highest BCUT2D eigenvalue weighted by Gasteiger charge is 2.18. The van der Waals surface area contributed by atoms with Gasteiger partial charge in [-0.05, 0) is 44.9 Å². The van der Waals surface area contributed by atoms with Crippen molar-refractivity contribution in [1.29, 1.82) is 0 Å². The van der Waals surface area contributed by atoms with Gasteiger partial charge in [-0.15, -0.1) is 0 Å². The third-order valence-corrected chi connectivity index (χ3v) is 16.2. The molecule has 4 nitrogen and oxygen atoms in total. The summed E-state index contributed by atoms with van der Waals surface area (Å²) in [5.74, 6) is -0.0548. The monoisotopic (exact) mass is 1030 g/mol. The summed E-state index contributed by atoms with van der Waals surface area (Å²) in [4.78, 5) is 12.5. The summed E-state index contributed by atoms with van der Waals surface area (Å²) >= 11 is 0. The van der Waals surface area contributed by atoms with Crippen LogP contribution in [0.5, 0.6) is 0 Å². The molecule has 0 spiro atoms. The van der Waals surface area contributed by atoms with Crippen LogP contribution in [0.4, 0.5) is 0 Å². The van der Waals surface area contributed by atoms with E-state index in [2.05, 4.69) is 31.3 Å². The minimum atomic E-state index is -0.837. The lowest BCUT2D eigenvalue weighted by Crippen LogP contribution is -2.45. The molecule has 0 aromatic heterocycles. The van der Waals surface area contributed by atoms with Crippen LogP contribution in [0.25, 0.3) is 0 Å². The maximum Gasteiger partial charge on any atom is 0.220 e. The molecule has 0 saturated heterocycles. The fourth-order valence-electron chi connectivity index (χ4n) is 11.0. The van der Waals surface area contributed by atoms with Crippen molar-refractivity contribution in [3.05, 3.63) is 24.3 Å². The van der Waals surface area contributed by atoms with Gasteiger partial charge in [0.2, 0.25) is 5.91 Å². The highest BCUT2D eigenvalue weighted by atomic mass is 16.3. The van der Waals surface area contributed by atoms with Gasteiger partial charge in [-0.3, -0.25) is 4.79 Å². The number of amides is 1. The predicted molar refractivity (Wildman–Crippen MR) is 327 cm³/mol. The van der Waals surface area contributed by atoms with Crippen LogP contribution in [0.1, 0.15) is 393 Å². The third-order valence-electron chi connectivity index (χ3n) is 16.2. The molecule has 0 aliphatic heterocycles. The number of aliphatic hydroxyl groups excluding tert-OH is 2. The number of allylic oxidation sites excluding steroid dienone is 3. The molecule has 3 N–H and O–H groups in total. The van der Waals surface area contributed by atoms with E-state index in [4.69, 9.17) is 0 Å². The topological polar surface area (TPSA) is 69.6 Å². The second kappa shape index (κ2) is 65.2. The third kappa shape index (κ3) is 61.6. The van der Waals surface area contributed by atoms with Crippen molar-refractivity contribution in [1.82, 2.24) is 5.32 Å². The lowest BCUT2D eigenvalue weighted by molar-refractivity contribution is -0.123. The van der Waals surface area contributed by atoms with Crippen LogP contribution in [0.3, 0.4) is 0 Å². The first-order valence-corrected chi connectivity index (χ1v) is 34.1. The first kappa shape index (κ1) is 71.9. The van der Waals surface area contributed by atoms with Crippen molar-refractivity contribution in [2.75, 3.05) is 6.61 Å². The maximum absolute atomic E-state index is 12.5. The molecule has 2 unspecified atom stereocenters. The number of carbonyl (C=O) groups excluding carboxylic acids is 1. The molecule has 0 aliphatic carbocycles. The average Bonchev–Trinajstić information content (AvgIpc) is 3.40. The van der Waals surface area contributed by atoms with E-state index in [0.29, 0.717) is 6.42 Å². The first-order chi connectivity index (χ1) is 36.2. The number of hydrogen-bond donors (Lipinski definition) is 3. The molecule has 4 heteroatoms. The molecule has 0 bridgehead atoms. The molecule has 434 valence electrons. The van der Waals surface area contributed by atoms with Gasteiger partial charge in [0, 0.05) is 6.42 Å². The molecule has 73 heavy (non-hydrogen) atoms. The summed E-state index contributed by atoms with van der Waals surface area (Å²) < 4.78 is 0. The zero-order chi connectivity index (χ0) is 52.7. The van der Waals surface area contributed by atoms with Crippen LogP contribution in [0.2, 0.25) is 0 Å². The van der Waals surface area contributed by atoms with Crippen LogP contribution in [-0.4, -0.2) is 34.9 Å². The smallest absolute Gasteiger partial charge is 0.220 e. The van der Waals surface area contributed by atoms with Gasteiger partial charge < -0.3 is 15.5 Å². The van der Waals surface area contributed by atoms with E-state index in [1.54, 1.807) is 6.08 Å². The highest BCUT2D eigenvalue weighted by Crippen LogP contribution is 2.19. The Hall–Kier alpha value is -1.13. The van der Waals surface area contributed by atoms with Crippen LogP contribution >= 0.6 is 0 Å². The van der Waals surface area contributed by atoms with E-state index in [9.17, 15) is 15.0 Å². The quantitative estimate of drug-likeness (QED) is 0.0420. The summed E-state index contributed by atoms with van der Waals surface area (Å²) in [6.45, 7) is 4.35. The number of carbonyl (C=O) groups is 1. The van der Waals surface area contributed by atoms with Crippen molar-refractivity contribution in [2.24, 2.45) is 0 Å². The van der Waals surface area contributed by atoms with Crippen LogP contribution in [-0.2, 0) is 4.79 Å². The van der Waals surface area contributed by atoms with Crippen molar-refractivity contribution in [2.45, 2.75) is 405 Å². The first-order valence-electron chi connectivity index (χ1n) is 34.1. The van der Waals surface area contributed by atoms with E-state index in [1.165, 1.54) is 347 Å². The fourth-order valence-corrected chi connectivity index (χ4v) is 11.0. The molecule has 2 atom stereocenters. The second-order valence-corrected chi connectivity index (χ2v) is 23.6. The predicted octanol–water partition coefficient (Wildman–Crippen LogP) is 23.0. The van der Waals surface area contributed by atoms with E-state index in [1.807, 2.05) is 6.08 Å². The van der Waals surface area contributed by atoms with Crippen molar-refractivity contribution in [3.63, 3.8) is 0 Å². The highest BCUT2D eigenvalue weighted by molar-refractivity contribution is 5.76. The lowest BCUT2D eigenvalue weighted by atomic mass is 10.0. The molecule has 0 aliphatic rings. The number of hydrogen-bond acceptors (Lipinski definition) is 3. The van der Waals surface area contributed by atoms with Gasteiger partial charge in [0.1, 0.15) is 0 Å². The zero-order valence-corrected chi connectivity index (χ0v) is 50.2. The molecule has 0 aromatic carbocycles. The summed E-state index contributed by atoms with van der Waals surface area (Å²) in [5.41, 5.74) is 0. The molecule has 1 amide bonds. The Balaban J connectivity index is 3.36. The number of nitrogens with one attached hydrogen (secondary N) is 1. The van der Waals surface area contributed by atoms with Gasteiger partial charge in [0.15, 0.2) is 0 Å². The number of unbranched alkanes of at least 4 members (excludes halogenated alkanes) is 55. The van der Waals surface area contributed by atoms with Gasteiger partial charge in [-0.2, -0.15) is 0 Å². The normalized spacial score (nSPS) is 12.8. The Bertz CT molecular complexity index is 1070. The van der Waals surface area contributed by atoms with Gasteiger partial charge in [-0.25, -0.2) is 0 Å². The minimum Gasteiger partial charge on any atom is -0.394 e. The van der Waals surface area contributed by atoms with Gasteiger partial charge in [0.05, 0.1) is 18.8 Å². The summed E-state index contributed by atoms with van der Waals surface area (Å²) in [6, 6.07) is -0.620. The van der Waals surface area contributed by atoms with Crippen molar-refractivity contribution in [3.8, 4) is 0 Å². The number of aliphatic hydroxyl groups is 2. The lowest BCUT2D eigenvalue weighted by Gasteiger charge is -2.20. The Morgan fingerprint density at radius 1 is 0.315 bits per heavy atom. The number of rotatable bonds is 64. The minimum absolute atomic E-state index is 0.0548. The average molecular weight is 1030 g/mol. The largest absolute Gasteiger partial charge is 0.394 e. The SMILES string of the molecule is CCCCCCCCCC/C=C\CCCCCCCCCCCCCCCCCCCCCCCCCCCCCCCC(=O)NC(CO)C(O)/C=C/CCCCCCCCCCCCCCCCCCCC.